The highest BCUT2D eigenvalue weighted by atomic mass is 32.2. The molecule has 0 radical (unpaired) electrons. The molecule has 39 heavy (non-hydrogen) atoms. The first-order valence-electron chi connectivity index (χ1n) is 12.9. The second-order valence-electron chi connectivity index (χ2n) is 8.92. The topological polar surface area (TPSA) is 82.1 Å². The van der Waals surface area contributed by atoms with Crippen LogP contribution in [0.2, 0.25) is 0 Å². The Kier molecular flexibility index (Phi) is 11.0. The SMILES string of the molecule is CCCCOc1ccc([S+](c2ccc(OCCCC)cc2)c2ccc(OC(C)C(F)(F)S(=O)(=O)O)cc2)cc1. The summed E-state index contributed by atoms with van der Waals surface area (Å²) >= 11 is 0. The molecule has 0 aromatic heterocycles. The normalized spacial score (nSPS) is 12.8. The van der Waals surface area contributed by atoms with Crippen molar-refractivity contribution in [2.24, 2.45) is 0 Å². The molecule has 0 spiro atoms. The first-order chi connectivity index (χ1) is 18.6. The van der Waals surface area contributed by atoms with Gasteiger partial charge in [0.05, 0.1) is 24.1 Å². The van der Waals surface area contributed by atoms with Gasteiger partial charge in [-0.1, -0.05) is 26.7 Å². The summed E-state index contributed by atoms with van der Waals surface area (Å²) in [6.07, 6.45) is 1.96. The lowest BCUT2D eigenvalue weighted by Crippen LogP contribution is -2.42. The van der Waals surface area contributed by atoms with Gasteiger partial charge in [-0.05, 0) is 92.6 Å². The summed E-state index contributed by atoms with van der Waals surface area (Å²) in [5.41, 5.74) is 0. The summed E-state index contributed by atoms with van der Waals surface area (Å²) in [5, 5.41) is -4.45. The molecule has 0 amide bonds. The molecule has 0 heterocycles. The van der Waals surface area contributed by atoms with Crippen LogP contribution in [0.1, 0.15) is 46.5 Å². The van der Waals surface area contributed by atoms with Crippen molar-refractivity contribution in [3.05, 3.63) is 72.8 Å². The van der Waals surface area contributed by atoms with E-state index in [1.54, 1.807) is 12.1 Å². The Morgan fingerprint density at radius 1 is 0.744 bits per heavy atom. The number of halogens is 2. The molecule has 0 aliphatic rings. The standard InChI is InChI=1S/C29H34F2O6S2/c1-4-6-20-35-23-8-14-26(15-9-23)38(27-16-10-24(11-17-27)36-21-7-5-2)28-18-12-25(13-19-28)37-22(3)29(30,31)39(32,33)34/h8-19,22H,4-7,20-21H2,1-3H3/p+1. The Hall–Kier alpha value is -2.82. The minimum absolute atomic E-state index is 0.0532. The van der Waals surface area contributed by atoms with Crippen LogP contribution in [0.5, 0.6) is 17.2 Å². The van der Waals surface area contributed by atoms with Gasteiger partial charge in [-0.3, -0.25) is 4.55 Å². The molecule has 0 saturated carbocycles. The zero-order chi connectivity index (χ0) is 28.5. The van der Waals surface area contributed by atoms with Crippen molar-refractivity contribution in [1.29, 1.82) is 0 Å². The number of alkyl halides is 2. The molecule has 1 atom stereocenters. The lowest BCUT2D eigenvalue weighted by Gasteiger charge is -2.21. The third kappa shape index (κ3) is 8.33. The molecule has 0 saturated heterocycles. The predicted molar refractivity (Wildman–Crippen MR) is 149 cm³/mol. The van der Waals surface area contributed by atoms with Crippen LogP contribution in [0.25, 0.3) is 0 Å². The summed E-state index contributed by atoms with van der Waals surface area (Å²) in [6, 6.07) is 22.3. The molecule has 3 aromatic rings. The van der Waals surface area contributed by atoms with Gasteiger partial charge in [0.25, 0.3) is 0 Å². The molecule has 3 aromatic carbocycles. The number of rotatable bonds is 15. The number of unbranched alkanes of at least 4 members (excludes halogenated alkanes) is 2. The van der Waals surface area contributed by atoms with Crippen LogP contribution < -0.4 is 14.2 Å². The number of hydrogen-bond donors (Lipinski definition) is 1. The zero-order valence-electron chi connectivity index (χ0n) is 22.3. The molecule has 0 aliphatic heterocycles. The smallest absolute Gasteiger partial charge is 0.405 e. The lowest BCUT2D eigenvalue weighted by atomic mass is 10.3. The van der Waals surface area contributed by atoms with Crippen molar-refractivity contribution in [3.8, 4) is 17.2 Å². The molecule has 1 unspecified atom stereocenters. The number of ether oxygens (including phenoxy) is 3. The molecule has 3 rings (SSSR count). The Morgan fingerprint density at radius 3 is 1.44 bits per heavy atom. The van der Waals surface area contributed by atoms with E-state index in [2.05, 4.69) is 13.8 Å². The third-order valence-electron chi connectivity index (χ3n) is 5.84. The summed E-state index contributed by atoms with van der Waals surface area (Å²) in [7, 11) is -6.16. The number of hydrogen-bond acceptors (Lipinski definition) is 5. The fourth-order valence-corrected chi connectivity index (χ4v) is 6.07. The van der Waals surface area contributed by atoms with Crippen molar-refractivity contribution >= 4 is 21.0 Å². The predicted octanol–water partition coefficient (Wildman–Crippen LogP) is 7.39. The fraction of sp³-hybridized carbons (Fsp3) is 0.379. The van der Waals surface area contributed by atoms with Crippen LogP contribution >= 0.6 is 0 Å². The van der Waals surface area contributed by atoms with Crippen molar-refractivity contribution in [1.82, 2.24) is 0 Å². The molecule has 212 valence electrons. The van der Waals surface area contributed by atoms with Crippen LogP contribution in [-0.4, -0.2) is 37.5 Å². The monoisotopic (exact) mass is 581 g/mol. The molecule has 0 bridgehead atoms. The Balaban J connectivity index is 1.88. The van der Waals surface area contributed by atoms with E-state index in [0.29, 0.717) is 13.2 Å². The van der Waals surface area contributed by atoms with Gasteiger partial charge in [-0.25, -0.2) is 0 Å². The Bertz CT molecular complexity index is 1210. The summed E-state index contributed by atoms with van der Waals surface area (Å²) in [6.45, 7) is 6.40. The van der Waals surface area contributed by atoms with Gasteiger partial charge in [-0.2, -0.15) is 17.2 Å². The Morgan fingerprint density at radius 2 is 1.10 bits per heavy atom. The van der Waals surface area contributed by atoms with Crippen molar-refractivity contribution in [2.75, 3.05) is 13.2 Å². The van der Waals surface area contributed by atoms with E-state index in [9.17, 15) is 17.2 Å². The van der Waals surface area contributed by atoms with Crippen molar-refractivity contribution in [3.63, 3.8) is 0 Å². The molecule has 0 aliphatic carbocycles. The van der Waals surface area contributed by atoms with Gasteiger partial charge < -0.3 is 14.2 Å². The van der Waals surface area contributed by atoms with Crippen molar-refractivity contribution in [2.45, 2.75) is 72.5 Å². The van der Waals surface area contributed by atoms with E-state index in [-0.39, 0.29) is 5.75 Å². The van der Waals surface area contributed by atoms with E-state index in [1.807, 2.05) is 48.5 Å². The molecular weight excluding hydrogens is 546 g/mol. The lowest BCUT2D eigenvalue weighted by molar-refractivity contribution is -0.0236. The van der Waals surface area contributed by atoms with Gasteiger partial charge in [0.1, 0.15) is 17.2 Å². The average molecular weight is 582 g/mol. The molecule has 6 nitrogen and oxygen atoms in total. The van der Waals surface area contributed by atoms with Crippen LogP contribution in [0.15, 0.2) is 87.5 Å². The maximum atomic E-state index is 13.9. The van der Waals surface area contributed by atoms with E-state index in [1.165, 1.54) is 12.1 Å². The quantitative estimate of drug-likeness (QED) is 0.115. The van der Waals surface area contributed by atoms with Gasteiger partial charge in [0.2, 0.25) is 0 Å². The molecule has 0 fully saturated rings. The fourth-order valence-electron chi connectivity index (χ4n) is 3.56. The van der Waals surface area contributed by atoms with Crippen molar-refractivity contribution < 1.29 is 36.0 Å². The minimum Gasteiger partial charge on any atom is -0.494 e. The first kappa shape index (κ1) is 30.7. The Labute approximate surface area is 232 Å². The van der Waals surface area contributed by atoms with Gasteiger partial charge >= 0.3 is 15.4 Å². The maximum Gasteiger partial charge on any atom is 0.405 e. The first-order valence-corrected chi connectivity index (χ1v) is 15.5. The molecule has 10 heteroatoms. The average Bonchev–Trinajstić information content (AvgIpc) is 2.91. The molecular formula is C29H35F2O6S2+. The summed E-state index contributed by atoms with van der Waals surface area (Å²) in [4.78, 5) is 2.95. The highest BCUT2D eigenvalue weighted by molar-refractivity contribution is 7.97. The zero-order valence-corrected chi connectivity index (χ0v) is 23.9. The highest BCUT2D eigenvalue weighted by Crippen LogP contribution is 2.35. The van der Waals surface area contributed by atoms with Gasteiger partial charge in [0, 0.05) is 0 Å². The van der Waals surface area contributed by atoms with Gasteiger partial charge in [-0.15, -0.1) is 0 Å². The minimum atomic E-state index is -5.62. The summed E-state index contributed by atoms with van der Waals surface area (Å²) in [5.74, 6) is 1.62. The van der Waals surface area contributed by atoms with E-state index in [0.717, 1.165) is 58.8 Å². The second kappa shape index (κ2) is 14.0. The van der Waals surface area contributed by atoms with E-state index in [4.69, 9.17) is 18.8 Å². The van der Waals surface area contributed by atoms with Crippen LogP contribution in [0, 0.1) is 0 Å². The van der Waals surface area contributed by atoms with Gasteiger partial charge in [0.15, 0.2) is 20.8 Å². The van der Waals surface area contributed by atoms with Crippen LogP contribution in [-0.2, 0) is 21.0 Å². The highest BCUT2D eigenvalue weighted by Gasteiger charge is 2.51. The largest absolute Gasteiger partial charge is 0.494 e. The third-order valence-corrected chi connectivity index (χ3v) is 9.09. The maximum absolute atomic E-state index is 13.9. The van der Waals surface area contributed by atoms with E-state index < -0.39 is 32.4 Å². The van der Waals surface area contributed by atoms with E-state index >= 15 is 0 Å². The molecule has 1 N–H and O–H groups in total. The second-order valence-corrected chi connectivity index (χ2v) is 12.4. The van der Waals surface area contributed by atoms with Crippen LogP contribution in [0.3, 0.4) is 0 Å². The number of benzene rings is 3. The summed E-state index contributed by atoms with van der Waals surface area (Å²) < 4.78 is 75.6. The van der Waals surface area contributed by atoms with Crippen LogP contribution in [0.4, 0.5) is 8.78 Å².